The van der Waals surface area contributed by atoms with Crippen LogP contribution in [0.2, 0.25) is 0 Å². The van der Waals surface area contributed by atoms with Crippen LogP contribution >= 0.6 is 0 Å². The molecule has 2 atom stereocenters. The normalized spacial score (nSPS) is 25.4. The van der Waals surface area contributed by atoms with Gasteiger partial charge in [0.25, 0.3) is 0 Å². The molecule has 0 saturated carbocycles. The van der Waals surface area contributed by atoms with Crippen LogP contribution in [0.15, 0.2) is 42.5 Å². The molecule has 1 N–H and O–H groups in total. The summed E-state index contributed by atoms with van der Waals surface area (Å²) >= 11 is 0. The first-order valence-corrected chi connectivity index (χ1v) is 6.17. The van der Waals surface area contributed by atoms with Crippen LogP contribution in [0.3, 0.4) is 0 Å². The van der Waals surface area contributed by atoms with Crippen molar-refractivity contribution in [2.45, 2.75) is 31.8 Å². The predicted molar refractivity (Wildman–Crippen MR) is 67.6 cm³/mol. The Bertz CT molecular complexity index is 395. The molecule has 0 radical (unpaired) electrons. The summed E-state index contributed by atoms with van der Waals surface area (Å²) in [4.78, 5) is 11.5. The van der Waals surface area contributed by atoms with Crippen LogP contribution < -0.4 is 0 Å². The summed E-state index contributed by atoms with van der Waals surface area (Å²) in [7, 11) is 0. The molecule has 0 saturated heterocycles. The molecule has 1 aliphatic carbocycles. The van der Waals surface area contributed by atoms with Gasteiger partial charge in [0.1, 0.15) is 6.10 Å². The van der Waals surface area contributed by atoms with Crippen LogP contribution in [0.4, 0.5) is 0 Å². The fourth-order valence-corrected chi connectivity index (χ4v) is 2.25. The molecule has 17 heavy (non-hydrogen) atoms. The van der Waals surface area contributed by atoms with Gasteiger partial charge in [-0.3, -0.25) is 4.79 Å². The van der Waals surface area contributed by atoms with Gasteiger partial charge in [0.05, 0.1) is 0 Å². The van der Waals surface area contributed by atoms with Crippen molar-refractivity contribution < 1.29 is 9.90 Å². The van der Waals surface area contributed by atoms with Crippen molar-refractivity contribution in [2.75, 3.05) is 0 Å². The van der Waals surface area contributed by atoms with E-state index in [1.807, 2.05) is 24.3 Å². The molecular formula is C15H18O2. The average Bonchev–Trinajstić information content (AvgIpc) is 2.35. The largest absolute Gasteiger partial charge is 0.381 e. The Morgan fingerprint density at radius 1 is 1.24 bits per heavy atom. The van der Waals surface area contributed by atoms with Crippen LogP contribution in [0.25, 0.3) is 0 Å². The zero-order valence-electron chi connectivity index (χ0n) is 9.88. The van der Waals surface area contributed by atoms with Crippen molar-refractivity contribution in [2.24, 2.45) is 5.92 Å². The van der Waals surface area contributed by atoms with Crippen LogP contribution in [-0.4, -0.2) is 17.0 Å². The van der Waals surface area contributed by atoms with E-state index in [0.717, 1.165) is 19.3 Å². The third-order valence-electron chi connectivity index (χ3n) is 3.28. The van der Waals surface area contributed by atoms with E-state index in [9.17, 15) is 9.90 Å². The van der Waals surface area contributed by atoms with Gasteiger partial charge in [0.2, 0.25) is 0 Å². The van der Waals surface area contributed by atoms with Gasteiger partial charge in [-0.1, -0.05) is 42.5 Å². The van der Waals surface area contributed by atoms with E-state index in [4.69, 9.17) is 0 Å². The van der Waals surface area contributed by atoms with Crippen LogP contribution in [0, 0.1) is 5.92 Å². The molecule has 0 amide bonds. The van der Waals surface area contributed by atoms with Crippen molar-refractivity contribution in [3.8, 4) is 0 Å². The van der Waals surface area contributed by atoms with Crippen molar-refractivity contribution in [1.82, 2.24) is 0 Å². The second-order valence-corrected chi connectivity index (χ2v) is 4.67. The average molecular weight is 230 g/mol. The molecule has 1 aromatic rings. The van der Waals surface area contributed by atoms with Crippen molar-refractivity contribution in [1.29, 1.82) is 0 Å². The Hall–Kier alpha value is -1.41. The van der Waals surface area contributed by atoms with E-state index in [1.54, 1.807) is 6.08 Å². The molecule has 0 aliphatic heterocycles. The molecule has 0 fully saturated rings. The van der Waals surface area contributed by atoms with Crippen LogP contribution in [0.5, 0.6) is 0 Å². The summed E-state index contributed by atoms with van der Waals surface area (Å²) in [6.45, 7) is 0. The lowest BCUT2D eigenvalue weighted by Crippen LogP contribution is -2.21. The number of rotatable bonds is 2. The monoisotopic (exact) mass is 230 g/mol. The maximum atomic E-state index is 11.5. The Balaban J connectivity index is 1.98. The highest BCUT2D eigenvalue weighted by molar-refractivity contribution is 5.84. The van der Waals surface area contributed by atoms with E-state index in [2.05, 4.69) is 12.1 Å². The van der Waals surface area contributed by atoms with Gasteiger partial charge in [0, 0.05) is 6.42 Å². The highest BCUT2D eigenvalue weighted by Gasteiger charge is 2.18. The quantitative estimate of drug-likeness (QED) is 0.793. The SMILES string of the molecule is O=C1CCC(Cc2ccccc2)CC=CC1O. The van der Waals surface area contributed by atoms with Gasteiger partial charge in [0.15, 0.2) is 5.78 Å². The number of aliphatic hydroxyl groups is 1. The predicted octanol–water partition coefficient (Wildman–Crippen LogP) is 2.52. The van der Waals surface area contributed by atoms with E-state index in [1.165, 1.54) is 5.56 Å². The number of hydrogen-bond donors (Lipinski definition) is 1. The van der Waals surface area contributed by atoms with Gasteiger partial charge < -0.3 is 5.11 Å². The number of Topliss-reactive ketones (excluding diaryl/α,β-unsaturated/α-hetero) is 1. The molecule has 2 unspecified atom stereocenters. The highest BCUT2D eigenvalue weighted by atomic mass is 16.3. The highest BCUT2D eigenvalue weighted by Crippen LogP contribution is 2.21. The fourth-order valence-electron chi connectivity index (χ4n) is 2.25. The molecular weight excluding hydrogens is 212 g/mol. The van der Waals surface area contributed by atoms with Gasteiger partial charge in [-0.2, -0.15) is 0 Å². The summed E-state index contributed by atoms with van der Waals surface area (Å²) < 4.78 is 0. The number of carbonyl (C=O) groups excluding carboxylic acids is 1. The van der Waals surface area contributed by atoms with Crippen LogP contribution in [0.1, 0.15) is 24.8 Å². The van der Waals surface area contributed by atoms with E-state index in [0.29, 0.717) is 12.3 Å². The third kappa shape index (κ3) is 3.53. The minimum atomic E-state index is -0.882. The van der Waals surface area contributed by atoms with Gasteiger partial charge in [-0.05, 0) is 30.7 Å². The zero-order valence-corrected chi connectivity index (χ0v) is 9.88. The molecule has 0 bridgehead atoms. The molecule has 0 heterocycles. The van der Waals surface area contributed by atoms with E-state index >= 15 is 0 Å². The third-order valence-corrected chi connectivity index (χ3v) is 3.28. The molecule has 1 aliphatic rings. The summed E-state index contributed by atoms with van der Waals surface area (Å²) in [6.07, 6.45) is 5.99. The smallest absolute Gasteiger partial charge is 0.165 e. The minimum absolute atomic E-state index is 0.0565. The molecule has 2 heteroatoms. The molecule has 0 spiro atoms. The van der Waals surface area contributed by atoms with E-state index in [-0.39, 0.29) is 5.78 Å². The minimum Gasteiger partial charge on any atom is -0.381 e. The number of aliphatic hydroxyl groups excluding tert-OH is 1. The molecule has 1 aromatic carbocycles. The Kier molecular flexibility index (Phi) is 4.10. The lowest BCUT2D eigenvalue weighted by molar-refractivity contribution is -0.125. The summed E-state index contributed by atoms with van der Waals surface area (Å²) in [6, 6.07) is 10.4. The number of benzene rings is 1. The Labute approximate surface area is 102 Å². The maximum Gasteiger partial charge on any atom is 0.165 e. The molecule has 2 rings (SSSR count). The van der Waals surface area contributed by atoms with Crippen molar-refractivity contribution in [3.63, 3.8) is 0 Å². The number of ketones is 1. The van der Waals surface area contributed by atoms with Gasteiger partial charge in [-0.25, -0.2) is 0 Å². The first-order valence-electron chi connectivity index (χ1n) is 6.17. The Morgan fingerprint density at radius 2 is 2.00 bits per heavy atom. The summed E-state index contributed by atoms with van der Waals surface area (Å²) in [5.41, 5.74) is 1.32. The second kappa shape index (κ2) is 5.78. The standard InChI is InChI=1S/C15H18O2/c16-14-8-4-7-13(9-10-15(14)17)11-12-5-2-1-3-6-12/h1-6,8,13-14,16H,7,9-11H2. The summed E-state index contributed by atoms with van der Waals surface area (Å²) in [5, 5.41) is 9.42. The van der Waals surface area contributed by atoms with E-state index < -0.39 is 6.10 Å². The first-order chi connectivity index (χ1) is 8.25. The second-order valence-electron chi connectivity index (χ2n) is 4.67. The fraction of sp³-hybridized carbons (Fsp3) is 0.400. The molecule has 90 valence electrons. The van der Waals surface area contributed by atoms with Crippen LogP contribution in [-0.2, 0) is 11.2 Å². The number of hydrogen-bond acceptors (Lipinski definition) is 2. The lowest BCUT2D eigenvalue weighted by Gasteiger charge is -2.18. The maximum absolute atomic E-state index is 11.5. The van der Waals surface area contributed by atoms with Gasteiger partial charge in [-0.15, -0.1) is 0 Å². The van der Waals surface area contributed by atoms with Crippen molar-refractivity contribution >= 4 is 5.78 Å². The number of carbonyl (C=O) groups is 1. The zero-order chi connectivity index (χ0) is 12.1. The lowest BCUT2D eigenvalue weighted by atomic mass is 9.88. The Morgan fingerprint density at radius 3 is 2.76 bits per heavy atom. The van der Waals surface area contributed by atoms with Crippen molar-refractivity contribution in [3.05, 3.63) is 48.0 Å². The topological polar surface area (TPSA) is 37.3 Å². The first kappa shape index (κ1) is 12.1. The molecule has 0 aromatic heterocycles. The number of allylic oxidation sites excluding steroid dienone is 1. The summed E-state index contributed by atoms with van der Waals surface area (Å²) in [5.74, 6) is 0.448. The molecule has 2 nitrogen and oxygen atoms in total. The van der Waals surface area contributed by atoms with Gasteiger partial charge >= 0.3 is 0 Å².